The van der Waals surface area contributed by atoms with E-state index in [2.05, 4.69) is 29.5 Å². The SMILES string of the molecule is CCNC(=NCC1COC2(CCCCC2)O1)NCC.I. The number of hydrogen-bond donors (Lipinski definition) is 2. The van der Waals surface area contributed by atoms with Crippen LogP contribution in [-0.2, 0) is 9.47 Å². The summed E-state index contributed by atoms with van der Waals surface area (Å²) in [6, 6.07) is 0. The molecule has 1 atom stereocenters. The molecule has 0 aromatic rings. The fraction of sp³-hybridized carbons (Fsp3) is 0.929. The maximum atomic E-state index is 6.11. The van der Waals surface area contributed by atoms with E-state index in [9.17, 15) is 0 Å². The highest BCUT2D eigenvalue weighted by Crippen LogP contribution is 2.37. The Hall–Kier alpha value is -0.0800. The number of ether oxygens (including phenoxy) is 2. The molecule has 1 heterocycles. The molecule has 0 aromatic heterocycles. The van der Waals surface area contributed by atoms with E-state index in [4.69, 9.17) is 9.47 Å². The van der Waals surface area contributed by atoms with Gasteiger partial charge < -0.3 is 20.1 Å². The van der Waals surface area contributed by atoms with Gasteiger partial charge in [0.05, 0.1) is 13.2 Å². The summed E-state index contributed by atoms with van der Waals surface area (Å²) in [4.78, 5) is 4.55. The first-order valence-electron chi connectivity index (χ1n) is 7.62. The average Bonchev–Trinajstić information content (AvgIpc) is 2.80. The number of nitrogens with zero attached hydrogens (tertiary/aromatic N) is 1. The molecule has 1 aliphatic heterocycles. The standard InChI is InChI=1S/C14H27N3O2.HI/c1-3-15-13(16-4-2)17-10-12-11-18-14(19-12)8-6-5-7-9-14;/h12H,3-11H2,1-2H3,(H2,15,16,17);1H. The molecule has 6 heteroatoms. The van der Waals surface area contributed by atoms with E-state index in [0.29, 0.717) is 13.2 Å². The van der Waals surface area contributed by atoms with E-state index < -0.39 is 0 Å². The van der Waals surface area contributed by atoms with E-state index in [-0.39, 0.29) is 35.9 Å². The van der Waals surface area contributed by atoms with Crippen molar-refractivity contribution in [2.45, 2.75) is 57.8 Å². The van der Waals surface area contributed by atoms with Gasteiger partial charge in [-0.25, -0.2) is 0 Å². The Morgan fingerprint density at radius 1 is 1.15 bits per heavy atom. The van der Waals surface area contributed by atoms with Crippen LogP contribution in [0.4, 0.5) is 0 Å². The van der Waals surface area contributed by atoms with Gasteiger partial charge in [-0.1, -0.05) is 6.42 Å². The summed E-state index contributed by atoms with van der Waals surface area (Å²) < 4.78 is 12.0. The lowest BCUT2D eigenvalue weighted by Gasteiger charge is -2.31. The van der Waals surface area contributed by atoms with Gasteiger partial charge in [0.25, 0.3) is 0 Å². The molecule has 20 heavy (non-hydrogen) atoms. The fourth-order valence-electron chi connectivity index (χ4n) is 2.76. The number of guanidine groups is 1. The quantitative estimate of drug-likeness (QED) is 0.434. The second kappa shape index (κ2) is 9.04. The van der Waals surface area contributed by atoms with E-state index >= 15 is 0 Å². The van der Waals surface area contributed by atoms with Crippen LogP contribution in [0.3, 0.4) is 0 Å². The summed E-state index contributed by atoms with van der Waals surface area (Å²) in [7, 11) is 0. The zero-order chi connectivity index (χ0) is 13.6. The number of rotatable bonds is 4. The Labute approximate surface area is 139 Å². The average molecular weight is 397 g/mol. The normalized spacial score (nSPS) is 24.0. The predicted molar refractivity (Wildman–Crippen MR) is 91.7 cm³/mol. The molecule has 0 aromatic carbocycles. The maximum absolute atomic E-state index is 6.11. The summed E-state index contributed by atoms with van der Waals surface area (Å²) in [6.45, 7) is 7.22. The molecule has 118 valence electrons. The third kappa shape index (κ3) is 5.04. The summed E-state index contributed by atoms with van der Waals surface area (Å²) in [6.07, 6.45) is 5.93. The van der Waals surface area contributed by atoms with Gasteiger partial charge in [-0.15, -0.1) is 24.0 Å². The Bertz CT molecular complexity index is 299. The second-order valence-corrected chi connectivity index (χ2v) is 5.27. The zero-order valence-corrected chi connectivity index (χ0v) is 14.9. The molecule has 1 spiro atoms. The van der Waals surface area contributed by atoms with Gasteiger partial charge in [0.2, 0.25) is 0 Å². The Morgan fingerprint density at radius 3 is 2.40 bits per heavy atom. The van der Waals surface area contributed by atoms with Gasteiger partial charge in [0.1, 0.15) is 6.10 Å². The van der Waals surface area contributed by atoms with E-state index in [0.717, 1.165) is 31.9 Å². The molecule has 1 unspecified atom stereocenters. The number of aliphatic imine (C=N–C) groups is 1. The fourth-order valence-corrected chi connectivity index (χ4v) is 2.76. The number of halogens is 1. The van der Waals surface area contributed by atoms with Crippen molar-refractivity contribution in [2.75, 3.05) is 26.2 Å². The first-order valence-corrected chi connectivity index (χ1v) is 7.62. The van der Waals surface area contributed by atoms with Crippen molar-refractivity contribution in [1.29, 1.82) is 0 Å². The molecule has 0 amide bonds. The lowest BCUT2D eigenvalue weighted by molar-refractivity contribution is -0.186. The molecular weight excluding hydrogens is 369 g/mol. The summed E-state index contributed by atoms with van der Waals surface area (Å²) in [5.41, 5.74) is 0. The lowest BCUT2D eigenvalue weighted by Crippen LogP contribution is -2.38. The van der Waals surface area contributed by atoms with Gasteiger partial charge in [-0.3, -0.25) is 4.99 Å². The zero-order valence-electron chi connectivity index (χ0n) is 12.6. The Balaban J connectivity index is 0.00000200. The van der Waals surface area contributed by atoms with E-state index in [1.54, 1.807) is 0 Å². The molecule has 2 fully saturated rings. The highest BCUT2D eigenvalue weighted by Gasteiger charge is 2.41. The molecule has 1 saturated heterocycles. The van der Waals surface area contributed by atoms with Gasteiger partial charge in [-0.2, -0.15) is 0 Å². The summed E-state index contributed by atoms with van der Waals surface area (Å²) in [5.74, 6) is 0.577. The van der Waals surface area contributed by atoms with Crippen LogP contribution in [0.2, 0.25) is 0 Å². The molecule has 2 aliphatic rings. The van der Waals surface area contributed by atoms with Crippen molar-refractivity contribution >= 4 is 29.9 Å². The van der Waals surface area contributed by atoms with Crippen molar-refractivity contribution in [1.82, 2.24) is 10.6 Å². The van der Waals surface area contributed by atoms with Crippen LogP contribution in [0.5, 0.6) is 0 Å². The lowest BCUT2D eigenvalue weighted by atomic mass is 9.94. The van der Waals surface area contributed by atoms with Gasteiger partial charge in [0.15, 0.2) is 11.7 Å². The van der Waals surface area contributed by atoms with E-state index in [1.807, 2.05) is 0 Å². The molecule has 2 rings (SSSR count). The highest BCUT2D eigenvalue weighted by molar-refractivity contribution is 14.0. The predicted octanol–water partition coefficient (Wildman–Crippen LogP) is 2.26. The van der Waals surface area contributed by atoms with Crippen LogP contribution in [0.25, 0.3) is 0 Å². The molecule has 5 nitrogen and oxygen atoms in total. The van der Waals surface area contributed by atoms with Crippen LogP contribution < -0.4 is 10.6 Å². The third-order valence-electron chi connectivity index (χ3n) is 3.67. The minimum atomic E-state index is -0.283. The monoisotopic (exact) mass is 397 g/mol. The van der Waals surface area contributed by atoms with Crippen LogP contribution >= 0.6 is 24.0 Å². The number of nitrogens with one attached hydrogen (secondary N) is 2. The topological polar surface area (TPSA) is 54.9 Å². The van der Waals surface area contributed by atoms with Gasteiger partial charge in [0, 0.05) is 25.9 Å². The number of hydrogen-bond acceptors (Lipinski definition) is 3. The van der Waals surface area contributed by atoms with Crippen molar-refractivity contribution < 1.29 is 9.47 Å². The molecular formula is C14H28IN3O2. The van der Waals surface area contributed by atoms with E-state index in [1.165, 1.54) is 19.3 Å². The Kier molecular flexibility index (Phi) is 8.13. The Morgan fingerprint density at radius 2 is 1.80 bits per heavy atom. The first-order chi connectivity index (χ1) is 9.28. The largest absolute Gasteiger partial charge is 0.357 e. The molecule has 1 aliphatic carbocycles. The van der Waals surface area contributed by atoms with Crippen molar-refractivity contribution in [2.24, 2.45) is 4.99 Å². The smallest absolute Gasteiger partial charge is 0.191 e. The molecule has 1 saturated carbocycles. The summed E-state index contributed by atoms with van der Waals surface area (Å²) >= 11 is 0. The van der Waals surface area contributed by atoms with Crippen molar-refractivity contribution in [3.05, 3.63) is 0 Å². The van der Waals surface area contributed by atoms with Crippen molar-refractivity contribution in [3.8, 4) is 0 Å². The second-order valence-electron chi connectivity index (χ2n) is 5.27. The molecule has 0 bridgehead atoms. The van der Waals surface area contributed by atoms with Gasteiger partial charge in [-0.05, 0) is 26.7 Å². The van der Waals surface area contributed by atoms with Crippen LogP contribution in [0, 0.1) is 0 Å². The first kappa shape index (κ1) is 18.0. The van der Waals surface area contributed by atoms with Crippen LogP contribution in [-0.4, -0.2) is 44.1 Å². The minimum Gasteiger partial charge on any atom is -0.357 e. The maximum Gasteiger partial charge on any atom is 0.191 e. The van der Waals surface area contributed by atoms with Crippen LogP contribution in [0.1, 0.15) is 46.0 Å². The summed E-state index contributed by atoms with van der Waals surface area (Å²) in [5, 5.41) is 6.44. The van der Waals surface area contributed by atoms with Crippen molar-refractivity contribution in [3.63, 3.8) is 0 Å². The third-order valence-corrected chi connectivity index (χ3v) is 3.67. The van der Waals surface area contributed by atoms with Gasteiger partial charge >= 0.3 is 0 Å². The molecule has 2 N–H and O–H groups in total. The molecule has 0 radical (unpaired) electrons. The van der Waals surface area contributed by atoms with Crippen LogP contribution in [0.15, 0.2) is 4.99 Å². The minimum absolute atomic E-state index is 0. The highest BCUT2D eigenvalue weighted by atomic mass is 127.